The topological polar surface area (TPSA) is 43.8 Å². The predicted octanol–water partition coefficient (Wildman–Crippen LogP) is 3.62. The molecule has 2 N–H and O–H groups in total. The van der Waals surface area contributed by atoms with Crippen LogP contribution in [0, 0.1) is 11.3 Å². The zero-order valence-corrected chi connectivity index (χ0v) is 12.1. The monoisotopic (exact) mass is 289 g/mol. The molecule has 0 amide bonds. The van der Waals surface area contributed by atoms with E-state index < -0.39 is 11.7 Å². The van der Waals surface area contributed by atoms with Crippen LogP contribution in [0.4, 0.5) is 13.2 Å². The van der Waals surface area contributed by atoms with Crippen LogP contribution in [0.1, 0.15) is 51.6 Å². The average molecular weight is 289 g/mol. The third-order valence-electron chi connectivity index (χ3n) is 4.36. The number of hydrogen-bond donors (Lipinski definition) is 1. The summed E-state index contributed by atoms with van der Waals surface area (Å²) >= 11 is 0. The highest BCUT2D eigenvalue weighted by Crippen LogP contribution is 2.42. The van der Waals surface area contributed by atoms with Gasteiger partial charge in [0.25, 0.3) is 0 Å². The standard InChI is InChI=1S/C14H22F3N3/c1-13(2,3)9-4-5-11(18)12(6-9)20-8-10(7-19-20)14(15,16)17/h7-9,11-12H,4-6,18H2,1-3H3. The SMILES string of the molecule is CC(C)(C)C1CCC(N)C(n2cc(C(F)(F)F)cn2)C1. The molecule has 0 aromatic carbocycles. The minimum Gasteiger partial charge on any atom is -0.326 e. The molecule has 1 aliphatic carbocycles. The van der Waals surface area contributed by atoms with Gasteiger partial charge in [-0.2, -0.15) is 18.3 Å². The van der Waals surface area contributed by atoms with E-state index in [9.17, 15) is 13.2 Å². The molecule has 0 saturated heterocycles. The van der Waals surface area contributed by atoms with E-state index in [1.807, 2.05) is 0 Å². The summed E-state index contributed by atoms with van der Waals surface area (Å²) in [5.41, 5.74) is 5.52. The molecule has 0 bridgehead atoms. The molecule has 1 heterocycles. The third-order valence-corrected chi connectivity index (χ3v) is 4.36. The number of alkyl halides is 3. The van der Waals surface area contributed by atoms with Gasteiger partial charge in [0, 0.05) is 12.2 Å². The van der Waals surface area contributed by atoms with Crippen LogP contribution in [-0.4, -0.2) is 15.8 Å². The molecular weight excluding hydrogens is 267 g/mol. The Morgan fingerprint density at radius 2 is 1.90 bits per heavy atom. The van der Waals surface area contributed by atoms with Crippen molar-refractivity contribution < 1.29 is 13.2 Å². The highest BCUT2D eigenvalue weighted by atomic mass is 19.4. The van der Waals surface area contributed by atoms with E-state index in [4.69, 9.17) is 5.73 Å². The molecule has 6 heteroatoms. The maximum Gasteiger partial charge on any atom is 0.419 e. The van der Waals surface area contributed by atoms with Gasteiger partial charge in [0.15, 0.2) is 0 Å². The summed E-state index contributed by atoms with van der Waals surface area (Å²) in [6, 6.07) is -0.279. The van der Waals surface area contributed by atoms with E-state index in [2.05, 4.69) is 25.9 Å². The molecule has 0 radical (unpaired) electrons. The fourth-order valence-electron chi connectivity index (χ4n) is 2.93. The first-order valence-corrected chi connectivity index (χ1v) is 6.96. The van der Waals surface area contributed by atoms with Crippen molar-refractivity contribution >= 4 is 0 Å². The van der Waals surface area contributed by atoms with Crippen molar-refractivity contribution in [1.82, 2.24) is 9.78 Å². The summed E-state index contributed by atoms with van der Waals surface area (Å²) in [7, 11) is 0. The number of halogens is 3. The number of nitrogens with zero attached hydrogens (tertiary/aromatic N) is 2. The second kappa shape index (κ2) is 5.06. The maximum atomic E-state index is 12.6. The summed E-state index contributed by atoms with van der Waals surface area (Å²) in [4.78, 5) is 0. The molecule has 1 aliphatic rings. The second-order valence-corrected chi connectivity index (χ2v) is 6.81. The van der Waals surface area contributed by atoms with E-state index in [-0.39, 0.29) is 17.5 Å². The summed E-state index contributed by atoms with van der Waals surface area (Å²) in [5.74, 6) is 0.450. The van der Waals surface area contributed by atoms with E-state index in [1.165, 1.54) is 4.68 Å². The highest BCUT2D eigenvalue weighted by molar-refractivity contribution is 5.09. The van der Waals surface area contributed by atoms with Crippen LogP contribution in [0.5, 0.6) is 0 Å². The van der Waals surface area contributed by atoms with E-state index in [1.54, 1.807) is 0 Å². The Hall–Kier alpha value is -1.04. The van der Waals surface area contributed by atoms with Crippen molar-refractivity contribution in [3.63, 3.8) is 0 Å². The predicted molar refractivity (Wildman–Crippen MR) is 71.0 cm³/mol. The normalized spacial score (nSPS) is 28.6. The zero-order chi connectivity index (χ0) is 15.1. The van der Waals surface area contributed by atoms with Gasteiger partial charge in [-0.25, -0.2) is 0 Å². The van der Waals surface area contributed by atoms with Crippen molar-refractivity contribution in [2.45, 2.75) is 58.3 Å². The smallest absolute Gasteiger partial charge is 0.326 e. The quantitative estimate of drug-likeness (QED) is 0.858. The summed E-state index contributed by atoms with van der Waals surface area (Å²) in [6.45, 7) is 6.49. The Kier molecular flexibility index (Phi) is 3.88. The van der Waals surface area contributed by atoms with Crippen LogP contribution in [-0.2, 0) is 6.18 Å². The fourth-order valence-corrected chi connectivity index (χ4v) is 2.93. The van der Waals surface area contributed by atoms with Crippen molar-refractivity contribution in [1.29, 1.82) is 0 Å². The van der Waals surface area contributed by atoms with Crippen LogP contribution in [0.2, 0.25) is 0 Å². The average Bonchev–Trinajstić information content (AvgIpc) is 2.76. The first-order valence-electron chi connectivity index (χ1n) is 6.96. The van der Waals surface area contributed by atoms with Crippen molar-refractivity contribution in [2.75, 3.05) is 0 Å². The number of rotatable bonds is 1. The minimum atomic E-state index is -4.35. The molecule has 3 unspecified atom stereocenters. The molecular formula is C14H22F3N3. The number of aromatic nitrogens is 2. The lowest BCUT2D eigenvalue weighted by Gasteiger charge is -2.40. The fraction of sp³-hybridized carbons (Fsp3) is 0.786. The van der Waals surface area contributed by atoms with Gasteiger partial charge in [0.05, 0.1) is 17.8 Å². The van der Waals surface area contributed by atoms with Crippen LogP contribution < -0.4 is 5.73 Å². The molecule has 114 valence electrons. The Labute approximate surface area is 117 Å². The second-order valence-electron chi connectivity index (χ2n) is 6.81. The van der Waals surface area contributed by atoms with Crippen LogP contribution in [0.3, 0.4) is 0 Å². The first-order chi connectivity index (χ1) is 9.09. The third kappa shape index (κ3) is 3.16. The number of hydrogen-bond acceptors (Lipinski definition) is 2. The van der Waals surface area contributed by atoms with E-state index >= 15 is 0 Å². The molecule has 0 spiro atoms. The van der Waals surface area contributed by atoms with Gasteiger partial charge in [-0.1, -0.05) is 20.8 Å². The van der Waals surface area contributed by atoms with Gasteiger partial charge in [0.1, 0.15) is 0 Å². The Morgan fingerprint density at radius 1 is 1.25 bits per heavy atom. The highest BCUT2D eigenvalue weighted by Gasteiger charge is 2.37. The van der Waals surface area contributed by atoms with E-state index in [0.717, 1.165) is 31.7 Å². The Balaban J connectivity index is 2.20. The molecule has 3 nitrogen and oxygen atoms in total. The molecule has 1 aromatic heterocycles. The van der Waals surface area contributed by atoms with Gasteiger partial charge >= 0.3 is 6.18 Å². The van der Waals surface area contributed by atoms with Gasteiger partial charge in [-0.15, -0.1) is 0 Å². The molecule has 20 heavy (non-hydrogen) atoms. The summed E-state index contributed by atoms with van der Waals surface area (Å²) in [6.07, 6.45) is 0.245. The summed E-state index contributed by atoms with van der Waals surface area (Å²) < 4.78 is 39.3. The van der Waals surface area contributed by atoms with Gasteiger partial charge in [0.2, 0.25) is 0 Å². The summed E-state index contributed by atoms with van der Waals surface area (Å²) in [5, 5.41) is 3.89. The lowest BCUT2D eigenvalue weighted by Crippen LogP contribution is -2.41. The van der Waals surface area contributed by atoms with Crippen LogP contribution >= 0.6 is 0 Å². The first kappa shape index (κ1) is 15.4. The lowest BCUT2D eigenvalue weighted by atomic mass is 9.70. The molecule has 2 rings (SSSR count). The van der Waals surface area contributed by atoms with Crippen LogP contribution in [0.15, 0.2) is 12.4 Å². The van der Waals surface area contributed by atoms with Crippen molar-refractivity contribution in [3.8, 4) is 0 Å². The zero-order valence-electron chi connectivity index (χ0n) is 12.1. The largest absolute Gasteiger partial charge is 0.419 e. The molecule has 1 saturated carbocycles. The van der Waals surface area contributed by atoms with Crippen LogP contribution in [0.25, 0.3) is 0 Å². The maximum absolute atomic E-state index is 12.6. The number of nitrogens with two attached hydrogens (primary N) is 1. The molecule has 1 fully saturated rings. The molecule has 3 atom stereocenters. The molecule has 1 aromatic rings. The Bertz CT molecular complexity index is 459. The minimum absolute atomic E-state index is 0.130. The van der Waals surface area contributed by atoms with Crippen molar-refractivity contribution in [2.24, 2.45) is 17.1 Å². The van der Waals surface area contributed by atoms with Crippen molar-refractivity contribution in [3.05, 3.63) is 18.0 Å². The van der Waals surface area contributed by atoms with Gasteiger partial charge in [-0.3, -0.25) is 4.68 Å². The van der Waals surface area contributed by atoms with Gasteiger partial charge < -0.3 is 5.73 Å². The Morgan fingerprint density at radius 3 is 2.40 bits per heavy atom. The molecule has 0 aliphatic heterocycles. The van der Waals surface area contributed by atoms with Gasteiger partial charge in [-0.05, 0) is 30.6 Å². The lowest BCUT2D eigenvalue weighted by molar-refractivity contribution is -0.137. The van der Waals surface area contributed by atoms with E-state index in [0.29, 0.717) is 5.92 Å².